The molecule has 5 aromatic rings. The van der Waals surface area contributed by atoms with E-state index in [0.717, 1.165) is 52.7 Å². The van der Waals surface area contributed by atoms with E-state index in [1.165, 1.54) is 4.80 Å². The summed E-state index contributed by atoms with van der Waals surface area (Å²) in [5.74, 6) is 2.01. The number of ether oxygens (including phenoxy) is 1. The molecule has 1 aromatic carbocycles. The molecule has 0 bridgehead atoms. The van der Waals surface area contributed by atoms with Gasteiger partial charge < -0.3 is 14.2 Å². The van der Waals surface area contributed by atoms with Crippen LogP contribution in [0.4, 0.5) is 5.82 Å². The van der Waals surface area contributed by atoms with Gasteiger partial charge in [0.05, 0.1) is 19.4 Å². The van der Waals surface area contributed by atoms with E-state index in [-0.39, 0.29) is 0 Å². The third-order valence-corrected chi connectivity index (χ3v) is 5.87. The average Bonchev–Trinajstić information content (AvgIpc) is 3.55. The predicted octanol–water partition coefficient (Wildman–Crippen LogP) is 2.99. The maximum absolute atomic E-state index is 5.57. The Balaban J connectivity index is 1.54. The number of morpholine rings is 1. The summed E-state index contributed by atoms with van der Waals surface area (Å²) in [6.45, 7) is 5.54. The van der Waals surface area contributed by atoms with Crippen LogP contribution in [0.15, 0.2) is 61.1 Å². The van der Waals surface area contributed by atoms with Crippen molar-refractivity contribution < 1.29 is 4.74 Å². The van der Waals surface area contributed by atoms with Gasteiger partial charge in [0, 0.05) is 43.2 Å². The number of hydrogen-bond acceptors (Lipinski definition) is 8. The maximum atomic E-state index is 5.57. The largest absolute Gasteiger partial charge is 0.378 e. The molecule has 1 aliphatic heterocycles. The van der Waals surface area contributed by atoms with E-state index < -0.39 is 0 Å². The number of aryl methyl sites for hydroxylation is 1. The Bertz CT molecular complexity index is 1420. The molecule has 0 unspecified atom stereocenters. The van der Waals surface area contributed by atoms with Gasteiger partial charge in [0.15, 0.2) is 17.0 Å². The van der Waals surface area contributed by atoms with E-state index in [1.807, 2.05) is 42.5 Å². The second kappa shape index (κ2) is 8.64. The third-order valence-electron chi connectivity index (χ3n) is 5.87. The zero-order chi connectivity index (χ0) is 22.9. The Hall–Kier alpha value is -4.18. The fraction of sp³-hybridized carbons (Fsp3) is 0.250. The first-order chi connectivity index (χ1) is 16.8. The van der Waals surface area contributed by atoms with Gasteiger partial charge in [-0.05, 0) is 19.1 Å². The molecule has 0 saturated carbocycles. The molecule has 1 fully saturated rings. The van der Waals surface area contributed by atoms with Crippen LogP contribution in [0.25, 0.3) is 39.8 Å². The molecule has 6 rings (SSSR count). The Morgan fingerprint density at radius 2 is 1.71 bits per heavy atom. The molecule has 0 atom stereocenters. The van der Waals surface area contributed by atoms with Crippen LogP contribution in [0.5, 0.6) is 0 Å². The van der Waals surface area contributed by atoms with Crippen molar-refractivity contribution in [3.05, 3.63) is 61.1 Å². The molecule has 0 radical (unpaired) electrons. The summed E-state index contributed by atoms with van der Waals surface area (Å²) in [6.07, 6.45) is 5.28. The highest BCUT2D eigenvalue weighted by molar-refractivity contribution is 5.87. The first-order valence-electron chi connectivity index (χ1n) is 11.3. The lowest BCUT2D eigenvalue weighted by molar-refractivity contribution is 0.122. The summed E-state index contributed by atoms with van der Waals surface area (Å²) in [4.78, 5) is 22.6. The van der Waals surface area contributed by atoms with E-state index >= 15 is 0 Å². The Labute approximate surface area is 195 Å². The molecule has 34 heavy (non-hydrogen) atoms. The molecular formula is C24H23N9O. The monoisotopic (exact) mass is 453 g/mol. The van der Waals surface area contributed by atoms with Gasteiger partial charge in [-0.3, -0.25) is 4.98 Å². The molecule has 4 aromatic heterocycles. The third kappa shape index (κ3) is 3.57. The van der Waals surface area contributed by atoms with Crippen LogP contribution < -0.4 is 4.90 Å². The molecule has 0 spiro atoms. The lowest BCUT2D eigenvalue weighted by Gasteiger charge is -2.27. The number of anilines is 1. The number of hydrogen-bond donors (Lipinski definition) is 0. The maximum Gasteiger partial charge on any atom is 0.272 e. The van der Waals surface area contributed by atoms with E-state index in [1.54, 1.807) is 18.6 Å². The number of imidazole rings is 1. The minimum atomic E-state index is 0.409. The minimum Gasteiger partial charge on any atom is -0.378 e. The normalized spacial score (nSPS) is 14.1. The molecule has 0 amide bonds. The van der Waals surface area contributed by atoms with Crippen molar-refractivity contribution in [2.24, 2.45) is 0 Å². The van der Waals surface area contributed by atoms with Crippen molar-refractivity contribution in [3.8, 4) is 28.6 Å². The second-order valence-electron chi connectivity index (χ2n) is 7.92. The summed E-state index contributed by atoms with van der Waals surface area (Å²) < 4.78 is 7.67. The topological polar surface area (TPSA) is 99.7 Å². The van der Waals surface area contributed by atoms with Gasteiger partial charge in [0.1, 0.15) is 11.5 Å². The number of aromatic nitrogens is 8. The average molecular weight is 454 g/mol. The van der Waals surface area contributed by atoms with E-state index in [2.05, 4.69) is 31.6 Å². The van der Waals surface area contributed by atoms with Gasteiger partial charge in [-0.15, -0.1) is 9.90 Å². The minimum absolute atomic E-state index is 0.409. The Kier molecular flexibility index (Phi) is 5.19. The zero-order valence-electron chi connectivity index (χ0n) is 18.7. The second-order valence-corrected chi connectivity index (χ2v) is 7.92. The SMILES string of the molecule is CCn1c(-c2ccncc2)nc2c(N3CCOCC3)nc(-n3ncc(-c4ccccc4)n3)nc21. The van der Waals surface area contributed by atoms with E-state index in [0.29, 0.717) is 25.7 Å². The number of rotatable bonds is 5. The quantitative estimate of drug-likeness (QED) is 0.400. The molecule has 10 heteroatoms. The highest BCUT2D eigenvalue weighted by Crippen LogP contribution is 2.30. The zero-order valence-corrected chi connectivity index (χ0v) is 18.7. The van der Waals surface area contributed by atoms with Crippen LogP contribution >= 0.6 is 0 Å². The number of fused-ring (bicyclic) bond motifs is 1. The van der Waals surface area contributed by atoms with Gasteiger partial charge >= 0.3 is 0 Å². The highest BCUT2D eigenvalue weighted by atomic mass is 16.5. The summed E-state index contributed by atoms with van der Waals surface area (Å²) in [5, 5.41) is 9.14. The highest BCUT2D eigenvalue weighted by Gasteiger charge is 2.24. The van der Waals surface area contributed by atoms with Crippen LogP contribution in [-0.2, 0) is 11.3 Å². The smallest absolute Gasteiger partial charge is 0.272 e. The first kappa shape index (κ1) is 20.4. The molecule has 5 heterocycles. The molecular weight excluding hydrogens is 430 g/mol. The van der Waals surface area contributed by atoms with Crippen molar-refractivity contribution in [2.75, 3.05) is 31.2 Å². The van der Waals surface area contributed by atoms with Gasteiger partial charge in [0.25, 0.3) is 5.95 Å². The van der Waals surface area contributed by atoms with Crippen molar-refractivity contribution in [2.45, 2.75) is 13.5 Å². The molecule has 170 valence electrons. The van der Waals surface area contributed by atoms with Crippen LogP contribution in [-0.4, -0.2) is 65.8 Å². The lowest BCUT2D eigenvalue weighted by atomic mass is 10.2. The number of pyridine rings is 1. The predicted molar refractivity (Wildman–Crippen MR) is 128 cm³/mol. The Morgan fingerprint density at radius 1 is 0.912 bits per heavy atom. The standard InChI is InChI=1S/C24H23N9O/c1-2-32-21(18-8-10-25-11-9-18)27-20-22(31-12-14-34-15-13-31)28-24(29-23(20)32)33-26-16-19(30-33)17-6-4-3-5-7-17/h3-11,16H,2,12-15H2,1H3. The fourth-order valence-corrected chi connectivity index (χ4v) is 4.18. The van der Waals surface area contributed by atoms with Crippen LogP contribution in [0, 0.1) is 0 Å². The van der Waals surface area contributed by atoms with Gasteiger partial charge in [0.2, 0.25) is 0 Å². The summed E-state index contributed by atoms with van der Waals surface area (Å²) in [5.41, 5.74) is 4.24. The summed E-state index contributed by atoms with van der Waals surface area (Å²) in [6, 6.07) is 13.9. The molecule has 1 saturated heterocycles. The van der Waals surface area contributed by atoms with Crippen molar-refractivity contribution in [3.63, 3.8) is 0 Å². The Morgan fingerprint density at radius 3 is 2.47 bits per heavy atom. The summed E-state index contributed by atoms with van der Waals surface area (Å²) in [7, 11) is 0. The molecule has 1 aliphatic rings. The number of benzene rings is 1. The van der Waals surface area contributed by atoms with Crippen molar-refractivity contribution in [1.29, 1.82) is 0 Å². The molecule has 10 nitrogen and oxygen atoms in total. The van der Waals surface area contributed by atoms with Gasteiger partial charge in [-0.25, -0.2) is 4.98 Å². The van der Waals surface area contributed by atoms with Gasteiger partial charge in [-0.1, -0.05) is 30.3 Å². The van der Waals surface area contributed by atoms with Crippen molar-refractivity contribution >= 4 is 17.0 Å². The molecule has 0 N–H and O–H groups in total. The van der Waals surface area contributed by atoms with E-state index in [4.69, 9.17) is 19.7 Å². The van der Waals surface area contributed by atoms with Crippen molar-refractivity contribution in [1.82, 2.24) is 39.5 Å². The summed E-state index contributed by atoms with van der Waals surface area (Å²) >= 11 is 0. The van der Waals surface area contributed by atoms with Crippen LogP contribution in [0.2, 0.25) is 0 Å². The van der Waals surface area contributed by atoms with Crippen LogP contribution in [0.3, 0.4) is 0 Å². The molecule has 0 aliphatic carbocycles. The van der Waals surface area contributed by atoms with E-state index in [9.17, 15) is 0 Å². The first-order valence-corrected chi connectivity index (χ1v) is 11.3. The fourth-order valence-electron chi connectivity index (χ4n) is 4.18. The van der Waals surface area contributed by atoms with Gasteiger partial charge in [-0.2, -0.15) is 15.1 Å². The lowest BCUT2D eigenvalue weighted by Crippen LogP contribution is -2.37. The number of nitrogens with zero attached hydrogens (tertiary/aromatic N) is 9. The van der Waals surface area contributed by atoms with Crippen LogP contribution in [0.1, 0.15) is 6.92 Å².